The number of halogens is 2. The van der Waals surface area contributed by atoms with E-state index < -0.39 is 0 Å². The van der Waals surface area contributed by atoms with Gasteiger partial charge in [-0.3, -0.25) is 0 Å². The normalized spacial score (nSPS) is 10.2. The first kappa shape index (κ1) is 14.3. The Labute approximate surface area is 131 Å². The summed E-state index contributed by atoms with van der Waals surface area (Å²) >= 11 is 14.5. The number of thiocarbonyl (C=S) groups is 1. The number of anilines is 1. The Balaban J connectivity index is 2.08. The van der Waals surface area contributed by atoms with Crippen molar-refractivity contribution in [3.8, 4) is 0 Å². The van der Waals surface area contributed by atoms with Gasteiger partial charge >= 0.3 is 0 Å². The minimum Gasteiger partial charge on any atom is -0.389 e. The van der Waals surface area contributed by atoms with Crippen molar-refractivity contribution in [1.82, 2.24) is 0 Å². The van der Waals surface area contributed by atoms with E-state index in [2.05, 4.69) is 33.4 Å². The fourth-order valence-corrected chi connectivity index (χ4v) is 2.64. The van der Waals surface area contributed by atoms with Gasteiger partial charge in [0.2, 0.25) is 0 Å². The van der Waals surface area contributed by atoms with Crippen molar-refractivity contribution >= 4 is 50.4 Å². The maximum Gasteiger partial charge on any atom is 0.105 e. The summed E-state index contributed by atoms with van der Waals surface area (Å²) < 4.78 is 1.06. The molecule has 0 amide bonds. The summed E-state index contributed by atoms with van der Waals surface area (Å²) in [6, 6.07) is 13.7. The van der Waals surface area contributed by atoms with Crippen molar-refractivity contribution in [3.63, 3.8) is 0 Å². The van der Waals surface area contributed by atoms with E-state index in [9.17, 15) is 0 Å². The first-order chi connectivity index (χ1) is 9.06. The largest absolute Gasteiger partial charge is 0.389 e. The number of hydrogen-bond acceptors (Lipinski definition) is 2. The highest BCUT2D eigenvalue weighted by atomic mass is 79.9. The average Bonchev–Trinajstić information content (AvgIpc) is 2.36. The molecule has 0 aliphatic heterocycles. The van der Waals surface area contributed by atoms with Crippen LogP contribution in [-0.2, 0) is 6.54 Å². The molecule has 19 heavy (non-hydrogen) atoms. The van der Waals surface area contributed by atoms with Crippen LogP contribution >= 0.6 is 39.7 Å². The van der Waals surface area contributed by atoms with E-state index in [4.69, 9.17) is 29.6 Å². The Morgan fingerprint density at radius 1 is 1.26 bits per heavy atom. The zero-order valence-corrected chi connectivity index (χ0v) is 13.1. The molecule has 0 atom stereocenters. The second kappa shape index (κ2) is 6.37. The first-order valence-corrected chi connectivity index (χ1v) is 7.22. The first-order valence-electron chi connectivity index (χ1n) is 5.64. The predicted octanol–water partition coefficient (Wildman–Crippen LogP) is 4.35. The van der Waals surface area contributed by atoms with Gasteiger partial charge in [0.1, 0.15) is 4.99 Å². The van der Waals surface area contributed by atoms with E-state index in [1.165, 1.54) is 5.56 Å². The van der Waals surface area contributed by atoms with Crippen molar-refractivity contribution in [2.75, 3.05) is 5.32 Å². The monoisotopic (exact) mass is 354 g/mol. The van der Waals surface area contributed by atoms with Crippen LogP contribution in [0.25, 0.3) is 0 Å². The van der Waals surface area contributed by atoms with Gasteiger partial charge < -0.3 is 11.1 Å². The zero-order chi connectivity index (χ0) is 13.8. The average molecular weight is 356 g/mol. The van der Waals surface area contributed by atoms with Gasteiger partial charge in [-0.05, 0) is 35.9 Å². The van der Waals surface area contributed by atoms with Crippen LogP contribution in [0.1, 0.15) is 11.1 Å². The van der Waals surface area contributed by atoms with Crippen molar-refractivity contribution in [3.05, 3.63) is 63.1 Å². The van der Waals surface area contributed by atoms with Crippen LogP contribution in [0.3, 0.4) is 0 Å². The van der Waals surface area contributed by atoms with Crippen molar-refractivity contribution in [1.29, 1.82) is 0 Å². The van der Waals surface area contributed by atoms with Gasteiger partial charge in [0.05, 0.1) is 5.02 Å². The van der Waals surface area contributed by atoms with Crippen LogP contribution in [0.15, 0.2) is 46.9 Å². The van der Waals surface area contributed by atoms with Crippen molar-refractivity contribution in [2.24, 2.45) is 5.73 Å². The van der Waals surface area contributed by atoms with Crippen molar-refractivity contribution < 1.29 is 0 Å². The highest BCUT2D eigenvalue weighted by molar-refractivity contribution is 9.10. The molecule has 2 rings (SSSR count). The number of rotatable bonds is 4. The Morgan fingerprint density at radius 3 is 2.68 bits per heavy atom. The Morgan fingerprint density at radius 2 is 2.05 bits per heavy atom. The topological polar surface area (TPSA) is 38.0 Å². The molecule has 0 spiro atoms. The van der Waals surface area contributed by atoms with E-state index in [0.717, 1.165) is 16.7 Å². The Kier molecular flexibility index (Phi) is 4.80. The van der Waals surface area contributed by atoms with E-state index in [1.807, 2.05) is 30.3 Å². The van der Waals surface area contributed by atoms with Crippen LogP contribution in [0.2, 0.25) is 5.02 Å². The third-order valence-electron chi connectivity index (χ3n) is 2.62. The lowest BCUT2D eigenvalue weighted by molar-refractivity contribution is 1.15. The van der Waals surface area contributed by atoms with Crippen LogP contribution in [0, 0.1) is 0 Å². The minimum atomic E-state index is 0.309. The fourth-order valence-electron chi connectivity index (χ4n) is 1.68. The van der Waals surface area contributed by atoms with Crippen LogP contribution < -0.4 is 11.1 Å². The molecule has 0 aromatic heterocycles. The Hall–Kier alpha value is -1.10. The lowest BCUT2D eigenvalue weighted by atomic mass is 10.2. The number of nitrogens with one attached hydrogen (secondary N) is 1. The molecule has 98 valence electrons. The second-order valence-corrected chi connectivity index (χ2v) is 5.81. The van der Waals surface area contributed by atoms with Gasteiger partial charge in [0.25, 0.3) is 0 Å². The molecule has 0 heterocycles. The molecular weight excluding hydrogens is 344 g/mol. The van der Waals surface area contributed by atoms with E-state index in [0.29, 0.717) is 15.6 Å². The molecule has 0 saturated heterocycles. The standard InChI is InChI=1S/C14H12BrClN2S/c15-10-3-1-2-9(6-10)8-18-11-4-5-12(14(17)19)13(16)7-11/h1-7,18H,8H2,(H2,17,19). The van der Waals surface area contributed by atoms with Gasteiger partial charge in [-0.2, -0.15) is 0 Å². The molecule has 2 nitrogen and oxygen atoms in total. The number of hydrogen-bond donors (Lipinski definition) is 2. The molecule has 0 radical (unpaired) electrons. The molecule has 0 bridgehead atoms. The summed E-state index contributed by atoms with van der Waals surface area (Å²) in [7, 11) is 0. The van der Waals surface area contributed by atoms with Gasteiger partial charge in [-0.25, -0.2) is 0 Å². The summed E-state index contributed by atoms with van der Waals surface area (Å²) in [5.41, 5.74) is 8.39. The molecule has 2 aromatic rings. The lowest BCUT2D eigenvalue weighted by Crippen LogP contribution is -2.10. The molecule has 0 unspecified atom stereocenters. The lowest BCUT2D eigenvalue weighted by Gasteiger charge is -2.09. The SMILES string of the molecule is NC(=S)c1ccc(NCc2cccc(Br)c2)cc1Cl. The summed E-state index contributed by atoms with van der Waals surface area (Å²) in [4.78, 5) is 0.309. The maximum absolute atomic E-state index is 6.12. The smallest absolute Gasteiger partial charge is 0.105 e. The summed E-state index contributed by atoms with van der Waals surface area (Å²) in [6.45, 7) is 0.724. The van der Waals surface area contributed by atoms with Gasteiger partial charge in [-0.15, -0.1) is 0 Å². The maximum atomic E-state index is 6.12. The Bertz CT molecular complexity index is 616. The summed E-state index contributed by atoms with van der Waals surface area (Å²) in [5, 5.41) is 3.87. The molecule has 0 fully saturated rings. The zero-order valence-electron chi connectivity index (χ0n) is 9.99. The third-order valence-corrected chi connectivity index (χ3v) is 3.65. The van der Waals surface area contributed by atoms with Gasteiger partial charge in [0.15, 0.2) is 0 Å². The van der Waals surface area contributed by atoms with Gasteiger partial charge in [0, 0.05) is 22.3 Å². The highest BCUT2D eigenvalue weighted by Gasteiger charge is 2.04. The second-order valence-electron chi connectivity index (χ2n) is 4.04. The molecule has 5 heteroatoms. The molecule has 2 aromatic carbocycles. The quantitative estimate of drug-likeness (QED) is 0.801. The molecular formula is C14H12BrClN2S. The van der Waals surface area contributed by atoms with Crippen molar-refractivity contribution in [2.45, 2.75) is 6.54 Å². The third kappa shape index (κ3) is 3.93. The summed E-state index contributed by atoms with van der Waals surface area (Å²) in [6.07, 6.45) is 0. The highest BCUT2D eigenvalue weighted by Crippen LogP contribution is 2.21. The van der Waals surface area contributed by atoms with E-state index in [-0.39, 0.29) is 0 Å². The van der Waals surface area contributed by atoms with E-state index >= 15 is 0 Å². The predicted molar refractivity (Wildman–Crippen MR) is 88.8 cm³/mol. The number of nitrogens with two attached hydrogens (primary N) is 1. The van der Waals surface area contributed by atoms with Crippen LogP contribution in [0.4, 0.5) is 5.69 Å². The summed E-state index contributed by atoms with van der Waals surface area (Å²) in [5.74, 6) is 0. The van der Waals surface area contributed by atoms with Crippen LogP contribution in [0.5, 0.6) is 0 Å². The van der Waals surface area contributed by atoms with Gasteiger partial charge in [-0.1, -0.05) is 51.9 Å². The van der Waals surface area contributed by atoms with E-state index in [1.54, 1.807) is 0 Å². The fraction of sp³-hybridized carbons (Fsp3) is 0.0714. The number of benzene rings is 2. The molecule has 0 saturated carbocycles. The minimum absolute atomic E-state index is 0.309. The molecule has 3 N–H and O–H groups in total. The van der Waals surface area contributed by atoms with Crippen LogP contribution in [-0.4, -0.2) is 4.99 Å². The molecule has 0 aliphatic carbocycles. The molecule has 0 aliphatic rings.